The third kappa shape index (κ3) is 7.94. The molecule has 0 spiro atoms. The number of esters is 2. The zero-order valence-electron chi connectivity index (χ0n) is 28.9. The molecule has 1 aromatic heterocycles. The summed E-state index contributed by atoms with van der Waals surface area (Å²) in [7, 11) is 1.34. The standard InChI is InChI=1S/C40H37IN2O7S/c1-6-48-32-19-27(18-31(41)37(32)49-22-26-13-14-28-9-7-8-10-30(28)17-26)20-33-38(45)43-36(29-15-11-25(12-16-29)21-34(44)47-5)35(39(46)50-23(2)3)24(4)42-40(43)51-33/h7-20,23,36H,6,21-22H2,1-5H3/b33-20+/t36-/m1/s1. The molecule has 9 nitrogen and oxygen atoms in total. The highest BCUT2D eigenvalue weighted by Gasteiger charge is 2.34. The molecule has 0 N–H and O–H groups in total. The lowest BCUT2D eigenvalue weighted by molar-refractivity contribution is -0.143. The summed E-state index contributed by atoms with van der Waals surface area (Å²) in [5.74, 6) is 0.297. The average molecular weight is 817 g/mol. The summed E-state index contributed by atoms with van der Waals surface area (Å²) in [6.07, 6.45) is 1.54. The summed E-state index contributed by atoms with van der Waals surface area (Å²) in [6.45, 7) is 8.01. The Morgan fingerprint density at radius 3 is 2.41 bits per heavy atom. The first-order chi connectivity index (χ1) is 24.6. The van der Waals surface area contributed by atoms with Gasteiger partial charge in [0, 0.05) is 0 Å². The van der Waals surface area contributed by atoms with Crippen LogP contribution in [0.1, 0.15) is 56.0 Å². The van der Waals surface area contributed by atoms with E-state index in [4.69, 9.17) is 23.9 Å². The quantitative estimate of drug-likeness (QED) is 0.109. The van der Waals surface area contributed by atoms with E-state index in [9.17, 15) is 14.4 Å². The highest BCUT2D eigenvalue weighted by molar-refractivity contribution is 14.1. The molecule has 6 rings (SSSR count). The van der Waals surface area contributed by atoms with E-state index < -0.39 is 12.0 Å². The van der Waals surface area contributed by atoms with E-state index >= 15 is 0 Å². The van der Waals surface area contributed by atoms with Crippen LogP contribution in [0.5, 0.6) is 11.5 Å². The molecule has 5 aromatic rings. The fraction of sp³-hybridized carbons (Fsp3) is 0.250. The number of fused-ring (bicyclic) bond motifs is 2. The van der Waals surface area contributed by atoms with Crippen molar-refractivity contribution in [2.24, 2.45) is 4.99 Å². The minimum Gasteiger partial charge on any atom is -0.490 e. The summed E-state index contributed by atoms with van der Waals surface area (Å²) in [4.78, 5) is 44.8. The minimum absolute atomic E-state index is 0.104. The number of ether oxygens (including phenoxy) is 4. The normalized spacial score (nSPS) is 14.3. The van der Waals surface area contributed by atoms with E-state index in [1.807, 2.05) is 49.4 Å². The third-order valence-electron chi connectivity index (χ3n) is 8.28. The van der Waals surface area contributed by atoms with Crippen LogP contribution in [0.15, 0.2) is 99.9 Å². The predicted octanol–water partition coefficient (Wildman–Crippen LogP) is 6.64. The molecule has 262 valence electrons. The van der Waals surface area contributed by atoms with Gasteiger partial charge in [0.2, 0.25) is 0 Å². The molecule has 0 saturated heterocycles. The first-order valence-electron chi connectivity index (χ1n) is 16.5. The van der Waals surface area contributed by atoms with E-state index in [2.05, 4.69) is 52.9 Å². The zero-order chi connectivity index (χ0) is 36.2. The van der Waals surface area contributed by atoms with Crippen molar-refractivity contribution in [2.45, 2.75) is 52.9 Å². The van der Waals surface area contributed by atoms with Gasteiger partial charge in [0.05, 0.1) is 51.7 Å². The summed E-state index contributed by atoms with van der Waals surface area (Å²) in [5.41, 5.74) is 3.68. The van der Waals surface area contributed by atoms with Gasteiger partial charge in [0.15, 0.2) is 16.3 Å². The Kier molecular flexibility index (Phi) is 11.1. The van der Waals surface area contributed by atoms with Gasteiger partial charge in [-0.25, -0.2) is 9.79 Å². The van der Waals surface area contributed by atoms with Crippen molar-refractivity contribution in [2.75, 3.05) is 13.7 Å². The number of thiazole rings is 1. The van der Waals surface area contributed by atoms with Crippen molar-refractivity contribution < 1.29 is 28.5 Å². The molecule has 1 atom stereocenters. The topological polar surface area (TPSA) is 105 Å². The van der Waals surface area contributed by atoms with Crippen LogP contribution >= 0.6 is 33.9 Å². The number of methoxy groups -OCH3 is 1. The molecular weight excluding hydrogens is 779 g/mol. The number of carbonyl (C=O) groups is 2. The lowest BCUT2D eigenvalue weighted by Gasteiger charge is -2.25. The van der Waals surface area contributed by atoms with Gasteiger partial charge in [-0.1, -0.05) is 72.0 Å². The molecule has 0 bridgehead atoms. The number of halogens is 1. The maximum atomic E-state index is 14.3. The maximum absolute atomic E-state index is 14.3. The number of hydrogen-bond acceptors (Lipinski definition) is 9. The van der Waals surface area contributed by atoms with Crippen molar-refractivity contribution in [1.82, 2.24) is 4.57 Å². The molecule has 0 amide bonds. The number of rotatable bonds is 11. The van der Waals surface area contributed by atoms with Crippen molar-refractivity contribution in [1.29, 1.82) is 0 Å². The molecule has 0 saturated carbocycles. The van der Waals surface area contributed by atoms with Gasteiger partial charge in [0.1, 0.15) is 6.61 Å². The monoisotopic (exact) mass is 816 g/mol. The number of aromatic nitrogens is 1. The van der Waals surface area contributed by atoms with Gasteiger partial charge in [-0.2, -0.15) is 0 Å². The molecule has 51 heavy (non-hydrogen) atoms. The van der Waals surface area contributed by atoms with Crippen molar-refractivity contribution >= 4 is 62.7 Å². The highest BCUT2D eigenvalue weighted by Crippen LogP contribution is 2.36. The SMILES string of the molecule is CCOc1cc(/C=c2/sc3n(c2=O)[C@H](c2ccc(CC(=O)OC)cc2)C(C(=O)OC(C)C)=C(C)N=3)cc(I)c1OCc1ccc2ccccc2c1. The van der Waals surface area contributed by atoms with E-state index in [1.165, 1.54) is 23.8 Å². The lowest BCUT2D eigenvalue weighted by Crippen LogP contribution is -2.40. The van der Waals surface area contributed by atoms with Crippen LogP contribution in [0.2, 0.25) is 0 Å². The van der Waals surface area contributed by atoms with Crippen molar-refractivity contribution in [3.8, 4) is 11.5 Å². The average Bonchev–Trinajstić information content (AvgIpc) is 3.40. The van der Waals surface area contributed by atoms with Crippen molar-refractivity contribution in [3.63, 3.8) is 0 Å². The van der Waals surface area contributed by atoms with Crippen LogP contribution in [-0.2, 0) is 32.1 Å². The minimum atomic E-state index is -0.785. The fourth-order valence-corrected chi connectivity index (χ4v) is 7.77. The van der Waals surface area contributed by atoms with Crippen molar-refractivity contribution in [3.05, 3.63) is 136 Å². The molecular formula is C40H37IN2O7S. The Morgan fingerprint density at radius 2 is 1.71 bits per heavy atom. The predicted molar refractivity (Wildman–Crippen MR) is 206 cm³/mol. The van der Waals surface area contributed by atoms with Crippen LogP contribution in [0, 0.1) is 3.57 Å². The molecule has 1 aliphatic heterocycles. The van der Waals surface area contributed by atoms with E-state index in [-0.39, 0.29) is 29.6 Å². The molecule has 0 radical (unpaired) electrons. The number of allylic oxidation sites excluding steroid dienone is 1. The molecule has 0 aliphatic carbocycles. The molecule has 1 aliphatic rings. The van der Waals surface area contributed by atoms with E-state index in [0.717, 1.165) is 25.6 Å². The summed E-state index contributed by atoms with van der Waals surface area (Å²) in [5, 5.41) is 2.31. The van der Waals surface area contributed by atoms with Gasteiger partial charge in [0.25, 0.3) is 5.56 Å². The first kappa shape index (κ1) is 36.1. The Morgan fingerprint density at radius 1 is 0.980 bits per heavy atom. The second kappa shape index (κ2) is 15.6. The highest BCUT2D eigenvalue weighted by atomic mass is 127. The summed E-state index contributed by atoms with van der Waals surface area (Å²) in [6, 6.07) is 24.7. The van der Waals surface area contributed by atoms with Gasteiger partial charge < -0.3 is 18.9 Å². The second-order valence-electron chi connectivity index (χ2n) is 12.3. The molecule has 0 fully saturated rings. The van der Waals surface area contributed by atoms with Crippen LogP contribution in [0.3, 0.4) is 0 Å². The van der Waals surface area contributed by atoms with Gasteiger partial charge in [-0.3, -0.25) is 14.2 Å². The van der Waals surface area contributed by atoms with Gasteiger partial charge in [-0.15, -0.1) is 0 Å². The summed E-state index contributed by atoms with van der Waals surface area (Å²) < 4.78 is 25.6. The number of hydrogen-bond donors (Lipinski definition) is 0. The number of benzene rings is 4. The smallest absolute Gasteiger partial charge is 0.338 e. The number of nitrogens with zero attached hydrogens (tertiary/aromatic N) is 2. The van der Waals surface area contributed by atoms with Gasteiger partial charge >= 0.3 is 11.9 Å². The van der Waals surface area contributed by atoms with Crippen LogP contribution in [0.25, 0.3) is 16.8 Å². The number of carbonyl (C=O) groups excluding carboxylic acids is 2. The second-order valence-corrected chi connectivity index (χ2v) is 14.4. The Bertz CT molecular complexity index is 2340. The summed E-state index contributed by atoms with van der Waals surface area (Å²) >= 11 is 3.48. The molecule has 2 heterocycles. The van der Waals surface area contributed by atoms with Crippen LogP contribution < -0.4 is 24.4 Å². The van der Waals surface area contributed by atoms with E-state index in [0.29, 0.717) is 45.3 Å². The molecule has 11 heteroatoms. The Labute approximate surface area is 313 Å². The zero-order valence-corrected chi connectivity index (χ0v) is 31.9. The Balaban J connectivity index is 1.38. The van der Waals surface area contributed by atoms with E-state index in [1.54, 1.807) is 37.5 Å². The third-order valence-corrected chi connectivity index (χ3v) is 10.1. The van der Waals surface area contributed by atoms with Crippen LogP contribution in [0.4, 0.5) is 0 Å². The maximum Gasteiger partial charge on any atom is 0.338 e. The largest absolute Gasteiger partial charge is 0.490 e. The Hall–Kier alpha value is -4.75. The van der Waals surface area contributed by atoms with Crippen LogP contribution in [-0.4, -0.2) is 36.3 Å². The first-order valence-corrected chi connectivity index (χ1v) is 18.4. The molecule has 4 aromatic carbocycles. The van der Waals surface area contributed by atoms with Gasteiger partial charge in [-0.05, 0) is 108 Å². The fourth-order valence-electron chi connectivity index (χ4n) is 5.94. The lowest BCUT2D eigenvalue weighted by atomic mass is 9.94. The molecule has 0 unspecified atom stereocenters.